The van der Waals surface area contributed by atoms with Crippen molar-refractivity contribution in [3.8, 4) is 5.75 Å². The van der Waals surface area contributed by atoms with Gasteiger partial charge in [0.1, 0.15) is 11.3 Å². The Hall–Kier alpha value is -2.41. The first-order valence-electron chi connectivity index (χ1n) is 8.69. The van der Waals surface area contributed by atoms with Crippen molar-refractivity contribution in [1.82, 2.24) is 10.2 Å². The van der Waals surface area contributed by atoms with Crippen molar-refractivity contribution >= 4 is 17.8 Å². The molecule has 4 atom stereocenters. The van der Waals surface area contributed by atoms with Gasteiger partial charge in [-0.15, -0.1) is 0 Å². The quantitative estimate of drug-likeness (QED) is 0.772. The van der Waals surface area contributed by atoms with Crippen LogP contribution in [0.3, 0.4) is 0 Å². The number of carbonyl (C=O) groups excluding carboxylic acids is 2. The second-order valence-electron chi connectivity index (χ2n) is 7.51. The summed E-state index contributed by atoms with van der Waals surface area (Å²) in [5.74, 6) is -2.77. The molecule has 2 aliphatic rings. The lowest BCUT2D eigenvalue weighted by molar-refractivity contribution is -0.151. The van der Waals surface area contributed by atoms with Crippen LogP contribution in [0, 0.1) is 17.8 Å². The van der Waals surface area contributed by atoms with Crippen LogP contribution in [0.2, 0.25) is 0 Å². The fourth-order valence-corrected chi connectivity index (χ4v) is 4.36. The first kappa shape index (κ1) is 18.4. The molecule has 0 radical (unpaired) electrons. The zero-order chi connectivity index (χ0) is 19.2. The average molecular weight is 360 g/mol. The predicted octanol–water partition coefficient (Wildman–Crippen LogP) is 1.44. The molecule has 0 aliphatic carbocycles. The Bertz CT molecular complexity index is 745. The Labute approximate surface area is 152 Å². The number of carbonyl (C=O) groups is 3. The second kappa shape index (κ2) is 6.39. The van der Waals surface area contributed by atoms with E-state index in [0.717, 1.165) is 10.5 Å². The molecule has 0 bridgehead atoms. The summed E-state index contributed by atoms with van der Waals surface area (Å²) in [6.45, 7) is 3.82. The highest BCUT2D eigenvalue weighted by molar-refractivity contribution is 6.09. The number of carboxylic acids is 1. The number of rotatable bonds is 5. The van der Waals surface area contributed by atoms with E-state index in [1.807, 2.05) is 13.8 Å². The summed E-state index contributed by atoms with van der Waals surface area (Å²) < 4.78 is 5.16. The summed E-state index contributed by atoms with van der Waals surface area (Å²) in [6, 6.07) is 6.59. The van der Waals surface area contributed by atoms with Crippen LogP contribution in [0.4, 0.5) is 0 Å². The maximum atomic E-state index is 12.8. The number of carboxylic acid groups (broad SMARTS) is 1. The molecule has 2 aliphatic heterocycles. The minimum atomic E-state index is -1.46. The smallest absolute Gasteiger partial charge is 0.324 e. The van der Waals surface area contributed by atoms with E-state index in [9.17, 15) is 19.5 Å². The molecule has 0 aromatic heterocycles. The van der Waals surface area contributed by atoms with Crippen LogP contribution in [-0.2, 0) is 14.4 Å². The van der Waals surface area contributed by atoms with Crippen LogP contribution in [0.1, 0.15) is 31.9 Å². The van der Waals surface area contributed by atoms with E-state index >= 15 is 0 Å². The van der Waals surface area contributed by atoms with Crippen molar-refractivity contribution < 1.29 is 24.2 Å². The van der Waals surface area contributed by atoms with Crippen molar-refractivity contribution in [2.24, 2.45) is 17.8 Å². The number of amides is 2. The standard InChI is InChI=1S/C19H24N2O5/c1-10(2)9-19(18(24)25)14-13(16(22)21(3)17(14)23)15(20-19)11-5-7-12(26-4)8-6-11/h5-8,10,13-15,20H,9H2,1-4H3,(H,24,25)/t13-,14-,15-,19-/m0/s1. The fraction of sp³-hybridized carbons (Fsp3) is 0.526. The summed E-state index contributed by atoms with van der Waals surface area (Å²) in [4.78, 5) is 38.9. The Morgan fingerprint density at radius 2 is 1.88 bits per heavy atom. The molecule has 0 saturated carbocycles. The van der Waals surface area contributed by atoms with E-state index in [1.54, 1.807) is 31.4 Å². The van der Waals surface area contributed by atoms with Crippen molar-refractivity contribution in [3.63, 3.8) is 0 Å². The van der Waals surface area contributed by atoms with Crippen LogP contribution < -0.4 is 10.1 Å². The van der Waals surface area contributed by atoms with Gasteiger partial charge in [0, 0.05) is 13.1 Å². The molecule has 0 unspecified atom stereocenters. The monoisotopic (exact) mass is 360 g/mol. The lowest BCUT2D eigenvalue weighted by Crippen LogP contribution is -2.56. The highest BCUT2D eigenvalue weighted by atomic mass is 16.5. The maximum absolute atomic E-state index is 12.8. The van der Waals surface area contributed by atoms with Gasteiger partial charge in [0.05, 0.1) is 18.9 Å². The lowest BCUT2D eigenvalue weighted by atomic mass is 9.75. The minimum absolute atomic E-state index is 0.0441. The molecule has 140 valence electrons. The van der Waals surface area contributed by atoms with E-state index in [-0.39, 0.29) is 18.2 Å². The van der Waals surface area contributed by atoms with Crippen molar-refractivity contribution in [1.29, 1.82) is 0 Å². The molecule has 1 aromatic rings. The van der Waals surface area contributed by atoms with Crippen LogP contribution in [0.5, 0.6) is 5.75 Å². The number of ether oxygens (including phenoxy) is 1. The Morgan fingerprint density at radius 3 is 2.38 bits per heavy atom. The van der Waals surface area contributed by atoms with Gasteiger partial charge in [-0.05, 0) is 30.0 Å². The topological polar surface area (TPSA) is 95.9 Å². The molecule has 3 rings (SSSR count). The molecule has 2 saturated heterocycles. The third-order valence-corrected chi connectivity index (χ3v) is 5.46. The SMILES string of the molecule is COc1ccc([C@@H]2N[C@](CC(C)C)(C(=O)O)[C@@H]3C(=O)N(C)C(=O)[C@@H]32)cc1. The number of fused-ring (bicyclic) bond motifs is 1. The van der Waals surface area contributed by atoms with Gasteiger partial charge in [-0.1, -0.05) is 26.0 Å². The largest absolute Gasteiger partial charge is 0.497 e. The number of aliphatic carboxylic acids is 1. The Balaban J connectivity index is 2.10. The number of nitrogens with zero attached hydrogens (tertiary/aromatic N) is 1. The fourth-order valence-electron chi connectivity index (χ4n) is 4.36. The highest BCUT2D eigenvalue weighted by Crippen LogP contribution is 2.50. The summed E-state index contributed by atoms with van der Waals surface area (Å²) in [5, 5.41) is 13.2. The summed E-state index contributed by atoms with van der Waals surface area (Å²) in [5.41, 5.74) is -0.690. The van der Waals surface area contributed by atoms with Crippen molar-refractivity contribution in [2.45, 2.75) is 31.8 Å². The van der Waals surface area contributed by atoms with Gasteiger partial charge in [-0.2, -0.15) is 0 Å². The molecule has 2 amide bonds. The number of hydrogen-bond acceptors (Lipinski definition) is 5. The highest BCUT2D eigenvalue weighted by Gasteiger charge is 2.67. The maximum Gasteiger partial charge on any atom is 0.324 e. The lowest BCUT2D eigenvalue weighted by Gasteiger charge is -2.32. The van der Waals surface area contributed by atoms with Gasteiger partial charge in [0.2, 0.25) is 11.8 Å². The first-order chi connectivity index (χ1) is 12.2. The number of benzene rings is 1. The molecule has 7 nitrogen and oxygen atoms in total. The zero-order valence-corrected chi connectivity index (χ0v) is 15.4. The predicted molar refractivity (Wildman–Crippen MR) is 93.4 cm³/mol. The molecule has 7 heteroatoms. The molecule has 1 aromatic carbocycles. The molecule has 0 spiro atoms. The number of methoxy groups -OCH3 is 1. The third-order valence-electron chi connectivity index (χ3n) is 5.46. The minimum Gasteiger partial charge on any atom is -0.497 e. The Kier molecular flexibility index (Phi) is 4.52. The van der Waals surface area contributed by atoms with E-state index in [4.69, 9.17) is 4.74 Å². The molecule has 2 fully saturated rings. The van der Waals surface area contributed by atoms with Crippen molar-refractivity contribution in [3.05, 3.63) is 29.8 Å². The van der Waals surface area contributed by atoms with E-state index < -0.39 is 35.3 Å². The average Bonchev–Trinajstić information content (AvgIpc) is 3.05. The van der Waals surface area contributed by atoms with E-state index in [0.29, 0.717) is 5.75 Å². The van der Waals surface area contributed by atoms with Crippen molar-refractivity contribution in [2.75, 3.05) is 14.2 Å². The number of nitrogens with one attached hydrogen (secondary N) is 1. The van der Waals surface area contributed by atoms with E-state index in [2.05, 4.69) is 5.32 Å². The summed E-state index contributed by atoms with van der Waals surface area (Å²) in [7, 11) is 2.99. The molecule has 2 N–H and O–H groups in total. The molecular weight excluding hydrogens is 336 g/mol. The summed E-state index contributed by atoms with van der Waals surface area (Å²) in [6.07, 6.45) is 0.267. The Morgan fingerprint density at radius 1 is 1.27 bits per heavy atom. The first-order valence-corrected chi connectivity index (χ1v) is 8.69. The molecule has 26 heavy (non-hydrogen) atoms. The number of likely N-dealkylation sites (tertiary alicyclic amines) is 1. The third kappa shape index (κ3) is 2.58. The van der Waals surface area contributed by atoms with E-state index in [1.165, 1.54) is 7.05 Å². The van der Waals surface area contributed by atoms with Crippen LogP contribution in [0.25, 0.3) is 0 Å². The number of imide groups is 1. The molecule has 2 heterocycles. The molecular formula is C19H24N2O5. The normalized spacial score (nSPS) is 30.8. The zero-order valence-electron chi connectivity index (χ0n) is 15.4. The number of hydrogen-bond donors (Lipinski definition) is 2. The van der Waals surface area contributed by atoms with Gasteiger partial charge in [-0.3, -0.25) is 24.6 Å². The van der Waals surface area contributed by atoms with Gasteiger partial charge < -0.3 is 9.84 Å². The summed E-state index contributed by atoms with van der Waals surface area (Å²) >= 11 is 0. The van der Waals surface area contributed by atoms with Crippen LogP contribution in [-0.4, -0.2) is 47.5 Å². The van der Waals surface area contributed by atoms with Crippen LogP contribution >= 0.6 is 0 Å². The second-order valence-corrected chi connectivity index (χ2v) is 7.51. The van der Waals surface area contributed by atoms with Gasteiger partial charge >= 0.3 is 5.97 Å². The van der Waals surface area contributed by atoms with Gasteiger partial charge in [-0.25, -0.2) is 0 Å². The van der Waals surface area contributed by atoms with Crippen LogP contribution in [0.15, 0.2) is 24.3 Å². The van der Waals surface area contributed by atoms with Gasteiger partial charge in [0.25, 0.3) is 0 Å². The van der Waals surface area contributed by atoms with Gasteiger partial charge in [0.15, 0.2) is 0 Å².